The van der Waals surface area contributed by atoms with Crippen LogP contribution in [0.2, 0.25) is 0 Å². The molecule has 0 atom stereocenters. The number of aliphatic imine (C=N–C) groups is 2. The van der Waals surface area contributed by atoms with Crippen LogP contribution >= 0.6 is 0 Å². The van der Waals surface area contributed by atoms with E-state index in [1.807, 2.05) is 0 Å². The standard InChI is InChI=1S/C5H11N3.C2H7N3/c1-6-5-7-3-2-4-8-5;1-5-2(3)4/h2-4H2,1H3,(H2,6,7,8);1H3,(H4,3,4,5). The van der Waals surface area contributed by atoms with E-state index in [2.05, 4.69) is 20.6 Å². The smallest absolute Gasteiger partial charge is 0.190 e. The normalized spacial score (nSPS) is 14.2. The van der Waals surface area contributed by atoms with Crippen molar-refractivity contribution in [3.8, 4) is 0 Å². The first-order chi connectivity index (χ1) is 6.20. The van der Waals surface area contributed by atoms with Gasteiger partial charge in [-0.3, -0.25) is 9.98 Å². The van der Waals surface area contributed by atoms with E-state index in [0.717, 1.165) is 19.0 Å². The van der Waals surface area contributed by atoms with E-state index in [1.54, 1.807) is 7.05 Å². The fourth-order valence-electron chi connectivity index (χ4n) is 0.723. The first kappa shape index (κ1) is 11.5. The minimum absolute atomic E-state index is 0.130. The van der Waals surface area contributed by atoms with Gasteiger partial charge in [-0.2, -0.15) is 0 Å². The van der Waals surface area contributed by atoms with Crippen molar-refractivity contribution >= 4 is 11.9 Å². The van der Waals surface area contributed by atoms with E-state index in [4.69, 9.17) is 11.5 Å². The molecule has 0 aromatic heterocycles. The lowest BCUT2D eigenvalue weighted by Crippen LogP contribution is -2.43. The number of nitrogens with two attached hydrogens (primary N) is 2. The molecule has 0 aliphatic carbocycles. The average molecular weight is 186 g/mol. The van der Waals surface area contributed by atoms with E-state index in [-0.39, 0.29) is 5.96 Å². The van der Waals surface area contributed by atoms with Crippen LogP contribution in [0.1, 0.15) is 6.42 Å². The maximum Gasteiger partial charge on any atom is 0.190 e. The molecule has 1 aliphatic heterocycles. The molecule has 1 heterocycles. The largest absolute Gasteiger partial charge is 0.370 e. The van der Waals surface area contributed by atoms with E-state index >= 15 is 0 Å². The Bertz CT molecular complexity index is 173. The third kappa shape index (κ3) is 6.92. The van der Waals surface area contributed by atoms with Crippen molar-refractivity contribution in [2.75, 3.05) is 27.2 Å². The van der Waals surface area contributed by atoms with Gasteiger partial charge in [-0.05, 0) is 6.42 Å². The van der Waals surface area contributed by atoms with Crippen LogP contribution < -0.4 is 22.1 Å². The monoisotopic (exact) mass is 186 g/mol. The number of nitrogens with zero attached hydrogens (tertiary/aromatic N) is 2. The van der Waals surface area contributed by atoms with Crippen molar-refractivity contribution in [3.63, 3.8) is 0 Å². The Morgan fingerprint density at radius 1 is 1.23 bits per heavy atom. The van der Waals surface area contributed by atoms with Gasteiger partial charge in [0.2, 0.25) is 0 Å². The highest BCUT2D eigenvalue weighted by Gasteiger charge is 1.99. The molecule has 6 heteroatoms. The van der Waals surface area contributed by atoms with Crippen molar-refractivity contribution in [1.82, 2.24) is 10.6 Å². The molecule has 1 rings (SSSR count). The molecular weight excluding hydrogens is 168 g/mol. The Morgan fingerprint density at radius 2 is 1.69 bits per heavy atom. The van der Waals surface area contributed by atoms with E-state index in [0.29, 0.717) is 0 Å². The zero-order valence-corrected chi connectivity index (χ0v) is 8.17. The quantitative estimate of drug-likeness (QED) is 0.271. The van der Waals surface area contributed by atoms with Gasteiger partial charge in [0.1, 0.15) is 0 Å². The Hall–Kier alpha value is -1.46. The maximum absolute atomic E-state index is 4.82. The van der Waals surface area contributed by atoms with Gasteiger partial charge in [0.25, 0.3) is 0 Å². The predicted molar refractivity (Wildman–Crippen MR) is 55.7 cm³/mol. The van der Waals surface area contributed by atoms with Crippen LogP contribution in [-0.2, 0) is 0 Å². The highest BCUT2D eigenvalue weighted by Crippen LogP contribution is 1.80. The molecule has 0 unspecified atom stereocenters. The lowest BCUT2D eigenvalue weighted by Gasteiger charge is -2.16. The van der Waals surface area contributed by atoms with E-state index < -0.39 is 0 Å². The molecule has 6 nitrogen and oxygen atoms in total. The van der Waals surface area contributed by atoms with Crippen LogP contribution in [0, 0.1) is 0 Å². The number of hydrogen-bond acceptors (Lipinski definition) is 2. The summed E-state index contributed by atoms with van der Waals surface area (Å²) in [6, 6.07) is 0. The van der Waals surface area contributed by atoms with Crippen molar-refractivity contribution in [2.45, 2.75) is 6.42 Å². The summed E-state index contributed by atoms with van der Waals surface area (Å²) >= 11 is 0. The molecule has 0 saturated carbocycles. The number of nitrogens with one attached hydrogen (secondary N) is 2. The number of guanidine groups is 2. The van der Waals surface area contributed by atoms with Crippen LogP contribution in [0.25, 0.3) is 0 Å². The Kier molecular flexibility index (Phi) is 6.39. The molecule has 1 fully saturated rings. The fraction of sp³-hybridized carbons (Fsp3) is 0.714. The molecule has 13 heavy (non-hydrogen) atoms. The highest BCUT2D eigenvalue weighted by molar-refractivity contribution is 5.80. The van der Waals surface area contributed by atoms with Crippen LogP contribution in [0.15, 0.2) is 9.98 Å². The van der Waals surface area contributed by atoms with Crippen LogP contribution in [0.3, 0.4) is 0 Å². The molecule has 0 aromatic carbocycles. The zero-order chi connectivity index (χ0) is 10.1. The molecule has 0 amide bonds. The Balaban J connectivity index is 0.000000252. The zero-order valence-electron chi connectivity index (χ0n) is 8.17. The van der Waals surface area contributed by atoms with Gasteiger partial charge < -0.3 is 22.1 Å². The second-order valence-electron chi connectivity index (χ2n) is 2.43. The summed E-state index contributed by atoms with van der Waals surface area (Å²) in [4.78, 5) is 7.30. The topological polar surface area (TPSA) is 101 Å². The summed E-state index contributed by atoms with van der Waals surface area (Å²) in [7, 11) is 3.32. The summed E-state index contributed by atoms with van der Waals surface area (Å²) < 4.78 is 0. The molecule has 6 N–H and O–H groups in total. The summed E-state index contributed by atoms with van der Waals surface area (Å²) in [6.45, 7) is 2.11. The molecular formula is C7H18N6. The molecule has 0 radical (unpaired) electrons. The summed E-state index contributed by atoms with van der Waals surface area (Å²) in [5.74, 6) is 1.06. The van der Waals surface area contributed by atoms with Crippen LogP contribution in [0.4, 0.5) is 0 Å². The maximum atomic E-state index is 4.82. The summed E-state index contributed by atoms with van der Waals surface area (Å²) in [6.07, 6.45) is 1.19. The van der Waals surface area contributed by atoms with Gasteiger partial charge in [0.15, 0.2) is 11.9 Å². The first-order valence-corrected chi connectivity index (χ1v) is 4.13. The Labute approximate surface area is 78.5 Å². The van der Waals surface area contributed by atoms with Crippen molar-refractivity contribution in [3.05, 3.63) is 0 Å². The van der Waals surface area contributed by atoms with Gasteiger partial charge in [-0.25, -0.2) is 0 Å². The molecule has 0 aromatic rings. The van der Waals surface area contributed by atoms with E-state index in [1.165, 1.54) is 13.5 Å². The minimum atomic E-state index is 0.130. The SMILES string of the molecule is CN=C(N)N.CN=C1NCCCN1. The van der Waals surface area contributed by atoms with Crippen molar-refractivity contribution in [1.29, 1.82) is 0 Å². The second-order valence-corrected chi connectivity index (χ2v) is 2.43. The van der Waals surface area contributed by atoms with Crippen LogP contribution in [0.5, 0.6) is 0 Å². The third-order valence-corrected chi connectivity index (χ3v) is 1.42. The summed E-state index contributed by atoms with van der Waals surface area (Å²) in [5.41, 5.74) is 9.64. The molecule has 1 aliphatic rings. The van der Waals surface area contributed by atoms with Crippen LogP contribution in [-0.4, -0.2) is 39.1 Å². The summed E-state index contributed by atoms with van der Waals surface area (Å²) in [5, 5.41) is 6.22. The van der Waals surface area contributed by atoms with Gasteiger partial charge in [-0.15, -0.1) is 0 Å². The lowest BCUT2D eigenvalue weighted by atomic mass is 10.4. The highest BCUT2D eigenvalue weighted by atomic mass is 15.2. The Morgan fingerprint density at radius 3 is 1.92 bits per heavy atom. The van der Waals surface area contributed by atoms with Crippen molar-refractivity contribution in [2.24, 2.45) is 21.5 Å². The van der Waals surface area contributed by atoms with Gasteiger partial charge in [-0.1, -0.05) is 0 Å². The third-order valence-electron chi connectivity index (χ3n) is 1.42. The predicted octanol–water partition coefficient (Wildman–Crippen LogP) is -1.56. The molecule has 76 valence electrons. The van der Waals surface area contributed by atoms with Gasteiger partial charge in [0.05, 0.1) is 0 Å². The van der Waals surface area contributed by atoms with E-state index in [9.17, 15) is 0 Å². The lowest BCUT2D eigenvalue weighted by molar-refractivity contribution is 0.667. The molecule has 0 spiro atoms. The number of hydrogen-bond donors (Lipinski definition) is 4. The van der Waals surface area contributed by atoms with Crippen molar-refractivity contribution < 1.29 is 0 Å². The first-order valence-electron chi connectivity index (χ1n) is 4.13. The minimum Gasteiger partial charge on any atom is -0.370 e. The fourth-order valence-corrected chi connectivity index (χ4v) is 0.723. The second kappa shape index (κ2) is 7.20. The average Bonchev–Trinajstić information content (AvgIpc) is 2.20. The number of rotatable bonds is 0. The molecule has 1 saturated heterocycles. The molecule has 0 bridgehead atoms. The van der Waals surface area contributed by atoms with Gasteiger partial charge >= 0.3 is 0 Å². The van der Waals surface area contributed by atoms with Gasteiger partial charge in [0, 0.05) is 27.2 Å².